The van der Waals surface area contributed by atoms with Gasteiger partial charge in [0, 0.05) is 11.3 Å². The highest BCUT2D eigenvalue weighted by Gasteiger charge is 2.31. The summed E-state index contributed by atoms with van der Waals surface area (Å²) in [7, 11) is 2.56. The van der Waals surface area contributed by atoms with Crippen molar-refractivity contribution in [2.45, 2.75) is 44.5 Å². The van der Waals surface area contributed by atoms with Crippen molar-refractivity contribution in [1.29, 1.82) is 0 Å². The molecule has 2 rings (SSSR count). The zero-order chi connectivity index (χ0) is 29.8. The fourth-order valence-electron chi connectivity index (χ4n) is 3.82. The lowest BCUT2D eigenvalue weighted by Gasteiger charge is -2.25. The highest BCUT2D eigenvalue weighted by Crippen LogP contribution is 2.35. The Labute approximate surface area is 236 Å². The second-order valence-electron chi connectivity index (χ2n) is 9.17. The molecule has 0 spiro atoms. The quantitative estimate of drug-likeness (QED) is 0.199. The van der Waals surface area contributed by atoms with Crippen LogP contribution < -0.4 is 20.1 Å². The average molecular weight is 576 g/mol. The Hall–Kier alpha value is -4.13. The third-order valence-electron chi connectivity index (χ3n) is 5.81. The van der Waals surface area contributed by atoms with Crippen LogP contribution >= 0.6 is 11.8 Å². The van der Waals surface area contributed by atoms with Crippen LogP contribution in [-0.2, 0) is 31.4 Å². The van der Waals surface area contributed by atoms with Crippen molar-refractivity contribution in [1.82, 2.24) is 10.6 Å². The van der Waals surface area contributed by atoms with Gasteiger partial charge in [0.1, 0.15) is 11.8 Å². The van der Waals surface area contributed by atoms with E-state index >= 15 is 0 Å². The normalized spacial score (nSPS) is 12.2. The summed E-state index contributed by atoms with van der Waals surface area (Å²) >= 11 is 1.30. The number of nitro groups is 1. The second-order valence-corrected chi connectivity index (χ2v) is 10.2. The van der Waals surface area contributed by atoms with E-state index in [9.17, 15) is 34.4 Å². The van der Waals surface area contributed by atoms with Crippen molar-refractivity contribution in [2.24, 2.45) is 5.92 Å². The van der Waals surface area contributed by atoms with Crippen molar-refractivity contribution in [3.05, 3.63) is 63.7 Å². The number of benzene rings is 2. The first-order valence-corrected chi connectivity index (χ1v) is 13.5. The summed E-state index contributed by atoms with van der Waals surface area (Å²) in [5.41, 5.74) is 0.783. The number of nitrogens with one attached hydrogen (secondary N) is 2. The van der Waals surface area contributed by atoms with Gasteiger partial charge in [-0.1, -0.05) is 44.2 Å². The summed E-state index contributed by atoms with van der Waals surface area (Å²) in [4.78, 5) is 61.1. The first-order chi connectivity index (χ1) is 19.0. The zero-order valence-electron chi connectivity index (χ0n) is 22.7. The van der Waals surface area contributed by atoms with Gasteiger partial charge in [0.2, 0.25) is 17.6 Å². The third-order valence-corrected chi connectivity index (χ3v) is 6.84. The van der Waals surface area contributed by atoms with Gasteiger partial charge in [-0.25, -0.2) is 0 Å². The molecule has 2 aromatic carbocycles. The van der Waals surface area contributed by atoms with Gasteiger partial charge in [-0.3, -0.25) is 29.3 Å². The van der Waals surface area contributed by atoms with Gasteiger partial charge in [-0.05, 0) is 17.5 Å². The molecule has 0 heterocycles. The number of carboxylic acid groups (broad SMARTS) is 1. The van der Waals surface area contributed by atoms with Gasteiger partial charge >= 0.3 is 11.7 Å². The van der Waals surface area contributed by atoms with Gasteiger partial charge in [-0.15, -0.1) is 11.8 Å². The van der Waals surface area contributed by atoms with E-state index in [-0.39, 0.29) is 34.9 Å². The highest BCUT2D eigenvalue weighted by atomic mass is 32.2. The number of Topliss-reactive ketones (excluding diaryl/α,β-unsaturated/α-hetero) is 1. The van der Waals surface area contributed by atoms with E-state index in [0.29, 0.717) is 5.75 Å². The molecule has 3 N–H and O–H groups in total. The lowest BCUT2D eigenvalue weighted by atomic mass is 10.0. The standard InChI is InChI=1S/C27H33N3O9S/c1-16(2)25(29-23(32)11-18-10-19(38-3)12-21(30(36)37)26(18)39-4)27(35)28-20(13-24(33)34)22(31)15-40-14-17-8-6-5-7-9-17/h5-10,12,16,20,25H,11,13-15H2,1-4H3,(H,28,35)(H,29,32)(H,33,34). The molecule has 0 saturated heterocycles. The van der Waals surface area contributed by atoms with Crippen molar-refractivity contribution in [2.75, 3.05) is 20.0 Å². The Kier molecular flexibility index (Phi) is 12.4. The van der Waals surface area contributed by atoms with Crippen LogP contribution in [0.1, 0.15) is 31.4 Å². The number of hydrogen-bond acceptors (Lipinski definition) is 9. The maximum Gasteiger partial charge on any atom is 0.314 e. The number of ketones is 1. The maximum absolute atomic E-state index is 13.1. The highest BCUT2D eigenvalue weighted by molar-refractivity contribution is 7.99. The van der Waals surface area contributed by atoms with E-state index < -0.39 is 52.9 Å². The summed E-state index contributed by atoms with van der Waals surface area (Å²) in [5.74, 6) is -2.97. The number of ether oxygens (including phenoxy) is 2. The van der Waals surface area contributed by atoms with E-state index in [2.05, 4.69) is 10.6 Å². The number of nitro benzene ring substituents is 1. The molecular formula is C27H33N3O9S. The van der Waals surface area contributed by atoms with Crippen LogP contribution in [0.25, 0.3) is 0 Å². The topological polar surface area (TPSA) is 174 Å². The van der Waals surface area contributed by atoms with Crippen molar-refractivity contribution in [3.63, 3.8) is 0 Å². The monoisotopic (exact) mass is 575 g/mol. The van der Waals surface area contributed by atoms with Crippen LogP contribution in [0.2, 0.25) is 0 Å². The summed E-state index contributed by atoms with van der Waals surface area (Å²) in [5, 5.41) is 25.8. The minimum Gasteiger partial charge on any atom is -0.496 e. The van der Waals surface area contributed by atoms with Crippen LogP contribution in [0.5, 0.6) is 11.5 Å². The average Bonchev–Trinajstić information content (AvgIpc) is 2.90. The lowest BCUT2D eigenvalue weighted by Crippen LogP contribution is -2.54. The molecule has 0 radical (unpaired) electrons. The van der Waals surface area contributed by atoms with Crippen LogP contribution in [0, 0.1) is 16.0 Å². The minimum absolute atomic E-state index is 0.0137. The molecule has 12 nitrogen and oxygen atoms in total. The largest absolute Gasteiger partial charge is 0.496 e. The number of nitrogens with zero attached hydrogens (tertiary/aromatic N) is 1. The molecule has 0 aliphatic heterocycles. The zero-order valence-corrected chi connectivity index (χ0v) is 23.5. The molecule has 40 heavy (non-hydrogen) atoms. The predicted molar refractivity (Wildman–Crippen MR) is 148 cm³/mol. The molecule has 2 amide bonds. The number of rotatable bonds is 16. The van der Waals surface area contributed by atoms with Gasteiger partial charge in [0.05, 0.1) is 49.8 Å². The van der Waals surface area contributed by atoms with E-state index in [4.69, 9.17) is 9.47 Å². The van der Waals surface area contributed by atoms with Crippen LogP contribution in [-0.4, -0.2) is 65.7 Å². The van der Waals surface area contributed by atoms with Crippen LogP contribution in [0.3, 0.4) is 0 Å². The molecule has 0 fully saturated rings. The maximum atomic E-state index is 13.1. The summed E-state index contributed by atoms with van der Waals surface area (Å²) in [6, 6.07) is 9.62. The fourth-order valence-corrected chi connectivity index (χ4v) is 4.75. The molecule has 0 saturated carbocycles. The molecule has 2 atom stereocenters. The summed E-state index contributed by atoms with van der Waals surface area (Å²) in [6.45, 7) is 3.34. The van der Waals surface area contributed by atoms with E-state index in [1.54, 1.807) is 13.8 Å². The van der Waals surface area contributed by atoms with Crippen LogP contribution in [0.15, 0.2) is 42.5 Å². The lowest BCUT2D eigenvalue weighted by molar-refractivity contribution is -0.385. The smallest absolute Gasteiger partial charge is 0.314 e. The number of carbonyl (C=O) groups excluding carboxylic acids is 3. The number of aliphatic carboxylic acids is 1. The molecule has 0 aliphatic rings. The molecule has 0 aliphatic carbocycles. The Bertz CT molecular complexity index is 1220. The number of amides is 2. The number of carboxylic acids is 1. The molecular weight excluding hydrogens is 542 g/mol. The number of thioether (sulfide) groups is 1. The van der Waals surface area contributed by atoms with E-state index in [1.165, 1.54) is 38.1 Å². The molecule has 2 unspecified atom stereocenters. The second kappa shape index (κ2) is 15.5. The summed E-state index contributed by atoms with van der Waals surface area (Å²) < 4.78 is 10.3. The first kappa shape index (κ1) is 32.1. The Balaban J connectivity index is 2.13. The Morgan fingerprint density at radius 1 is 1.05 bits per heavy atom. The van der Waals surface area contributed by atoms with Crippen molar-refractivity contribution < 1.29 is 38.7 Å². The van der Waals surface area contributed by atoms with E-state index in [1.807, 2.05) is 30.3 Å². The minimum atomic E-state index is -1.28. The molecule has 2 aromatic rings. The summed E-state index contributed by atoms with van der Waals surface area (Å²) in [6.07, 6.45) is -0.981. The van der Waals surface area contributed by atoms with Gasteiger partial charge < -0.3 is 25.2 Å². The molecule has 13 heteroatoms. The number of methoxy groups -OCH3 is 2. The Morgan fingerprint density at radius 3 is 2.27 bits per heavy atom. The molecule has 216 valence electrons. The number of carbonyl (C=O) groups is 4. The fraction of sp³-hybridized carbons (Fsp3) is 0.407. The molecule has 0 aromatic heterocycles. The van der Waals surface area contributed by atoms with Gasteiger partial charge in [-0.2, -0.15) is 0 Å². The number of hydrogen-bond donors (Lipinski definition) is 3. The first-order valence-electron chi connectivity index (χ1n) is 12.3. The third kappa shape index (κ3) is 9.56. The Morgan fingerprint density at radius 2 is 1.73 bits per heavy atom. The SMILES string of the molecule is COc1cc(CC(=O)NC(C(=O)NC(CC(=O)O)C(=O)CSCc2ccccc2)C(C)C)c(OC)c([N+](=O)[O-])c1. The van der Waals surface area contributed by atoms with E-state index in [0.717, 1.165) is 5.56 Å². The predicted octanol–water partition coefficient (Wildman–Crippen LogP) is 2.76. The van der Waals surface area contributed by atoms with Crippen molar-refractivity contribution >= 4 is 41.0 Å². The van der Waals surface area contributed by atoms with Gasteiger partial charge in [0.25, 0.3) is 0 Å². The van der Waals surface area contributed by atoms with Crippen LogP contribution in [0.4, 0.5) is 5.69 Å². The molecule has 0 bridgehead atoms. The van der Waals surface area contributed by atoms with Crippen molar-refractivity contribution in [3.8, 4) is 11.5 Å². The van der Waals surface area contributed by atoms with Gasteiger partial charge in [0.15, 0.2) is 5.78 Å².